The third kappa shape index (κ3) is 4.30. The number of carbonyl (C=O) groups is 1. The average Bonchev–Trinajstić information content (AvgIpc) is 3.34. The molecule has 9 heteroatoms. The van der Waals surface area contributed by atoms with Gasteiger partial charge in [0.15, 0.2) is 0 Å². The molecule has 2 aromatic rings. The summed E-state index contributed by atoms with van der Waals surface area (Å²) < 4.78 is 6.01. The van der Waals surface area contributed by atoms with E-state index in [1.54, 1.807) is 12.1 Å². The number of hydrogen-bond acceptors (Lipinski definition) is 5. The minimum atomic E-state index is -0.363. The number of aromatic nitrogens is 1. The highest BCUT2D eigenvalue weighted by molar-refractivity contribution is 6.35. The molecule has 1 amide bonds. The topological polar surface area (TPSA) is 89.4 Å². The molecule has 2 fully saturated rings. The number of carbonyl (C=O) groups excluding carboxylic acids is 1. The van der Waals surface area contributed by atoms with Crippen LogP contribution in [0, 0.1) is 11.3 Å². The van der Waals surface area contributed by atoms with Gasteiger partial charge in [-0.1, -0.05) is 41.4 Å². The highest BCUT2D eigenvalue weighted by atomic mass is 35.5. The lowest BCUT2D eigenvalue weighted by atomic mass is 10.0. The van der Waals surface area contributed by atoms with Gasteiger partial charge in [-0.2, -0.15) is 5.26 Å². The van der Waals surface area contributed by atoms with Gasteiger partial charge in [0.1, 0.15) is 6.10 Å². The molecule has 174 valence electrons. The number of halogens is 2. The third-order valence-electron chi connectivity index (χ3n) is 6.58. The number of allylic oxidation sites excluding steroid dienone is 4. The monoisotopic (exact) mass is 496 g/mol. The highest BCUT2D eigenvalue weighted by Gasteiger charge is 2.37. The quantitative estimate of drug-likeness (QED) is 0.697. The smallest absolute Gasteiger partial charge is 0.255 e. The second kappa shape index (κ2) is 9.40. The van der Waals surface area contributed by atoms with Gasteiger partial charge in [0.2, 0.25) is 0 Å². The second-order valence-electron chi connectivity index (χ2n) is 8.64. The Hall–Kier alpha value is -2.89. The number of nitrogens with zero attached hydrogens (tertiary/aromatic N) is 3. The van der Waals surface area contributed by atoms with Crippen molar-refractivity contribution in [2.45, 2.75) is 18.6 Å². The van der Waals surface area contributed by atoms with E-state index in [2.05, 4.69) is 16.0 Å². The third-order valence-corrected chi connectivity index (χ3v) is 7.21. The van der Waals surface area contributed by atoms with Crippen molar-refractivity contribution in [1.82, 2.24) is 14.8 Å². The average molecular weight is 497 g/mol. The van der Waals surface area contributed by atoms with E-state index in [0.717, 1.165) is 11.1 Å². The van der Waals surface area contributed by atoms with E-state index in [1.807, 2.05) is 29.2 Å². The van der Waals surface area contributed by atoms with Crippen LogP contribution in [0.15, 0.2) is 53.0 Å². The van der Waals surface area contributed by atoms with Crippen molar-refractivity contribution in [2.24, 2.45) is 0 Å². The lowest BCUT2D eigenvalue weighted by Crippen LogP contribution is -2.59. The number of nitrogens with one attached hydrogen (secondary N) is 1. The standard InChI is InChI=1S/C25H22Cl2N4O3/c26-17-9-21(24(32)29-11-17)22-13-30-6-7-31(12-18(30)14-34-22)25(33)20-3-1-2-19(23(20)27)16-5-4-15(8-16)10-28/h1-3,5,8-9,11,18,22H,4,6-7,12-14H2,(H,29,32)/t18-,22-/m0/s1. The molecule has 2 atom stereocenters. The summed E-state index contributed by atoms with van der Waals surface area (Å²) in [6.45, 7) is 2.71. The number of morpholine rings is 1. The lowest BCUT2D eigenvalue weighted by molar-refractivity contribution is -0.0862. The number of H-pyrrole nitrogens is 1. The van der Waals surface area contributed by atoms with Crippen LogP contribution >= 0.6 is 23.2 Å². The normalized spacial score (nSPS) is 22.6. The van der Waals surface area contributed by atoms with Crippen LogP contribution in [0.5, 0.6) is 0 Å². The Balaban J connectivity index is 1.29. The van der Waals surface area contributed by atoms with Gasteiger partial charge in [-0.25, -0.2) is 0 Å². The molecule has 0 bridgehead atoms. The van der Waals surface area contributed by atoms with E-state index in [4.69, 9.17) is 33.2 Å². The Morgan fingerprint density at radius 2 is 2.09 bits per heavy atom. The van der Waals surface area contributed by atoms with Crippen molar-refractivity contribution in [3.05, 3.63) is 85.3 Å². The van der Waals surface area contributed by atoms with Gasteiger partial charge < -0.3 is 14.6 Å². The summed E-state index contributed by atoms with van der Waals surface area (Å²) in [6.07, 6.45) is 5.44. The number of hydrogen-bond donors (Lipinski definition) is 1. The van der Waals surface area contributed by atoms with Gasteiger partial charge in [-0.3, -0.25) is 14.5 Å². The molecule has 34 heavy (non-hydrogen) atoms. The first-order valence-corrected chi connectivity index (χ1v) is 11.8. The van der Waals surface area contributed by atoms with Gasteiger partial charge in [-0.15, -0.1) is 0 Å². The minimum absolute atomic E-state index is 0.0350. The molecule has 3 heterocycles. The Bertz CT molecular complexity index is 1310. The van der Waals surface area contributed by atoms with Crippen LogP contribution in [0.1, 0.15) is 34.0 Å². The number of fused-ring (bicyclic) bond motifs is 1. The first-order valence-electron chi connectivity index (χ1n) is 11.1. The van der Waals surface area contributed by atoms with Gasteiger partial charge in [0.25, 0.3) is 11.5 Å². The van der Waals surface area contributed by atoms with Crippen molar-refractivity contribution >= 4 is 34.7 Å². The van der Waals surface area contributed by atoms with Gasteiger partial charge in [-0.05, 0) is 23.8 Å². The zero-order valence-corrected chi connectivity index (χ0v) is 19.8. The fourth-order valence-corrected chi connectivity index (χ4v) is 5.24. The molecule has 1 aromatic heterocycles. The molecule has 1 aromatic carbocycles. The number of piperazine rings is 1. The molecule has 0 saturated carbocycles. The lowest BCUT2D eigenvalue weighted by Gasteiger charge is -2.46. The Morgan fingerprint density at radius 3 is 2.88 bits per heavy atom. The fourth-order valence-electron chi connectivity index (χ4n) is 4.75. The van der Waals surface area contributed by atoms with Gasteiger partial charge >= 0.3 is 0 Å². The van der Waals surface area contributed by atoms with Crippen molar-refractivity contribution in [3.8, 4) is 6.07 Å². The van der Waals surface area contributed by atoms with Crippen LogP contribution in [0.25, 0.3) is 5.57 Å². The second-order valence-corrected chi connectivity index (χ2v) is 9.45. The van der Waals surface area contributed by atoms with E-state index in [-0.39, 0.29) is 23.6 Å². The summed E-state index contributed by atoms with van der Waals surface area (Å²) in [5, 5.41) is 9.99. The van der Waals surface area contributed by atoms with E-state index in [9.17, 15) is 9.59 Å². The van der Waals surface area contributed by atoms with Crippen molar-refractivity contribution < 1.29 is 9.53 Å². The number of rotatable bonds is 3. The molecule has 5 rings (SSSR count). The predicted molar refractivity (Wildman–Crippen MR) is 130 cm³/mol. The Morgan fingerprint density at radius 1 is 1.24 bits per heavy atom. The first kappa shape index (κ1) is 22.9. The van der Waals surface area contributed by atoms with Crippen LogP contribution in [0.3, 0.4) is 0 Å². The summed E-state index contributed by atoms with van der Waals surface area (Å²) >= 11 is 12.7. The van der Waals surface area contributed by atoms with Gasteiger partial charge in [0.05, 0.1) is 34.3 Å². The number of ether oxygens (including phenoxy) is 1. The number of nitriles is 1. The number of amides is 1. The Labute approximate surface area is 206 Å². The molecule has 3 aliphatic rings. The highest BCUT2D eigenvalue weighted by Crippen LogP contribution is 2.34. The van der Waals surface area contributed by atoms with E-state index in [0.29, 0.717) is 66.0 Å². The van der Waals surface area contributed by atoms with Crippen molar-refractivity contribution in [2.75, 3.05) is 32.8 Å². The molecule has 2 aliphatic heterocycles. The molecule has 0 radical (unpaired) electrons. The van der Waals surface area contributed by atoms with Crippen LogP contribution in [-0.2, 0) is 4.74 Å². The number of pyridine rings is 1. The van der Waals surface area contributed by atoms with Crippen molar-refractivity contribution in [1.29, 1.82) is 5.26 Å². The molecular formula is C25H22Cl2N4O3. The van der Waals surface area contributed by atoms with Crippen LogP contribution < -0.4 is 5.56 Å². The molecule has 2 saturated heterocycles. The number of aromatic amines is 1. The largest absolute Gasteiger partial charge is 0.370 e. The maximum atomic E-state index is 13.4. The number of benzene rings is 1. The summed E-state index contributed by atoms with van der Waals surface area (Å²) in [6, 6.07) is 9.28. The van der Waals surface area contributed by atoms with Crippen LogP contribution in [0.4, 0.5) is 0 Å². The summed E-state index contributed by atoms with van der Waals surface area (Å²) in [5.41, 5.74) is 3.06. The summed E-state index contributed by atoms with van der Waals surface area (Å²) in [5.74, 6) is -0.122. The first-order chi connectivity index (χ1) is 16.4. The van der Waals surface area contributed by atoms with Crippen molar-refractivity contribution in [3.63, 3.8) is 0 Å². The maximum absolute atomic E-state index is 13.4. The fraction of sp³-hybridized carbons (Fsp3) is 0.320. The molecular weight excluding hydrogens is 475 g/mol. The molecule has 0 unspecified atom stereocenters. The van der Waals surface area contributed by atoms with E-state index >= 15 is 0 Å². The molecule has 0 spiro atoms. The zero-order chi connectivity index (χ0) is 23.8. The zero-order valence-electron chi connectivity index (χ0n) is 18.3. The van der Waals surface area contributed by atoms with E-state index in [1.165, 1.54) is 6.20 Å². The molecule has 1 aliphatic carbocycles. The predicted octanol–water partition coefficient (Wildman–Crippen LogP) is 3.82. The van der Waals surface area contributed by atoms with Crippen LogP contribution in [0.2, 0.25) is 10.0 Å². The van der Waals surface area contributed by atoms with Crippen LogP contribution in [-0.4, -0.2) is 59.5 Å². The minimum Gasteiger partial charge on any atom is -0.370 e. The van der Waals surface area contributed by atoms with E-state index < -0.39 is 0 Å². The molecule has 7 nitrogen and oxygen atoms in total. The maximum Gasteiger partial charge on any atom is 0.255 e. The van der Waals surface area contributed by atoms with Gasteiger partial charge in [0, 0.05) is 55.5 Å². The SMILES string of the molecule is N#CC1=CC(c2cccc(C(=O)N3CCN4C[C@@H](c5cc(Cl)c[nH]c5=O)OC[C@@H]4C3)c2Cl)=CC1. The summed E-state index contributed by atoms with van der Waals surface area (Å²) in [7, 11) is 0. The molecule has 1 N–H and O–H groups in total. The Kier molecular flexibility index (Phi) is 6.32. The summed E-state index contributed by atoms with van der Waals surface area (Å²) in [4.78, 5) is 32.3.